The number of amides is 1. The van der Waals surface area contributed by atoms with E-state index in [4.69, 9.17) is 11.3 Å². The first-order chi connectivity index (χ1) is 9.08. The molecule has 0 unspecified atom stereocenters. The SMILES string of the molecule is CNC(=ICCN=N)C(=O)Nc1cc[c]([Al])c(N)n1. The predicted octanol–water partition coefficient (Wildman–Crippen LogP) is -0.253. The number of hydrogen-bond donors (Lipinski definition) is 4. The molecular weight excluding hydrogens is 374 g/mol. The van der Waals surface area contributed by atoms with Gasteiger partial charge in [-0.3, -0.25) is 10.1 Å². The van der Waals surface area contributed by atoms with E-state index >= 15 is 0 Å². The maximum Gasteiger partial charge on any atom is 0.273 e. The van der Waals surface area contributed by atoms with Crippen LogP contribution >= 0.6 is 20.7 Å². The number of carbonyl (C=O) groups is 1. The molecule has 0 aliphatic carbocycles. The predicted molar refractivity (Wildman–Crippen MR) is 85.6 cm³/mol. The highest BCUT2D eigenvalue weighted by Gasteiger charge is 2.09. The Bertz CT molecular complexity index is 507. The molecule has 1 heterocycles. The quantitative estimate of drug-likeness (QED) is 0.177. The van der Waals surface area contributed by atoms with Crippen LogP contribution in [-0.4, -0.2) is 48.8 Å². The minimum Gasteiger partial charge on any atom is -0.385 e. The number of nitrogens with zero attached hydrogens (tertiary/aromatic N) is 2. The molecule has 9 heteroatoms. The number of hydrogen-bond acceptors (Lipinski definition) is 6. The average molecular weight is 388 g/mol. The van der Waals surface area contributed by atoms with Crippen LogP contribution in [0.3, 0.4) is 0 Å². The number of aromatic nitrogens is 1. The van der Waals surface area contributed by atoms with E-state index in [0.29, 0.717) is 21.8 Å². The number of carbonyl (C=O) groups excluding carboxylic acids is 1. The van der Waals surface area contributed by atoms with Gasteiger partial charge in [-0.25, -0.2) is 10.5 Å². The lowest BCUT2D eigenvalue weighted by Gasteiger charge is -2.08. The van der Waals surface area contributed by atoms with E-state index < -0.39 is 20.7 Å². The fourth-order valence-electron chi connectivity index (χ4n) is 1.15. The Morgan fingerprint density at radius 3 is 2.95 bits per heavy atom. The van der Waals surface area contributed by atoms with Gasteiger partial charge >= 0.3 is 0 Å². The molecule has 0 saturated heterocycles. The summed E-state index contributed by atoms with van der Waals surface area (Å²) in [6.07, 6.45) is 0. The van der Waals surface area contributed by atoms with Crippen LogP contribution in [0.5, 0.6) is 0 Å². The summed E-state index contributed by atoms with van der Waals surface area (Å²) in [5.41, 5.74) is 12.4. The first-order valence-corrected chi connectivity index (χ1v) is 8.57. The fraction of sp³-hybridized carbons (Fsp3) is 0.300. The van der Waals surface area contributed by atoms with Gasteiger partial charge in [-0.15, -0.1) is 0 Å². The zero-order valence-corrected chi connectivity index (χ0v) is 13.7. The van der Waals surface area contributed by atoms with Gasteiger partial charge in [0.25, 0.3) is 5.91 Å². The van der Waals surface area contributed by atoms with E-state index in [1.165, 1.54) is 0 Å². The monoisotopic (exact) mass is 388 g/mol. The molecule has 0 atom stereocenters. The Labute approximate surface area is 129 Å². The molecule has 0 saturated carbocycles. The Balaban J connectivity index is 2.73. The molecule has 7 nitrogen and oxygen atoms in total. The summed E-state index contributed by atoms with van der Waals surface area (Å²) in [7, 11) is 1.71. The number of alkyl halides is 1. The summed E-state index contributed by atoms with van der Waals surface area (Å²) >= 11 is 1.99. The van der Waals surface area contributed by atoms with Crippen LogP contribution in [0.1, 0.15) is 0 Å². The second kappa shape index (κ2) is 8.32. The van der Waals surface area contributed by atoms with Crippen molar-refractivity contribution in [2.75, 3.05) is 29.1 Å². The Morgan fingerprint density at radius 1 is 1.63 bits per heavy atom. The van der Waals surface area contributed by atoms with Crippen molar-refractivity contribution in [2.45, 2.75) is 0 Å². The van der Waals surface area contributed by atoms with Gasteiger partial charge in [0, 0.05) is 4.43 Å². The molecule has 1 aromatic rings. The second-order valence-electron chi connectivity index (χ2n) is 3.39. The van der Waals surface area contributed by atoms with Crippen molar-refractivity contribution >= 4 is 62.6 Å². The summed E-state index contributed by atoms with van der Waals surface area (Å²) < 4.78 is 2.18. The minimum atomic E-state index is -0.484. The molecule has 0 bridgehead atoms. The van der Waals surface area contributed by atoms with Crippen LogP contribution in [0.2, 0.25) is 0 Å². The number of nitrogens with one attached hydrogen (secondary N) is 3. The average Bonchev–Trinajstić information content (AvgIpc) is 2.39. The van der Waals surface area contributed by atoms with Gasteiger partial charge in [0.05, 0.1) is 6.54 Å². The maximum atomic E-state index is 12.0. The lowest BCUT2D eigenvalue weighted by atomic mass is 10.4. The van der Waals surface area contributed by atoms with Gasteiger partial charge in [-0.2, -0.15) is 5.11 Å². The Morgan fingerprint density at radius 2 is 2.37 bits per heavy atom. The van der Waals surface area contributed by atoms with E-state index in [9.17, 15) is 4.79 Å². The Hall–Kier alpha value is -0.888. The second-order valence-corrected chi connectivity index (χ2v) is 6.94. The molecule has 0 aliphatic heterocycles. The normalized spacial score (nSPS) is 11.5. The van der Waals surface area contributed by atoms with E-state index in [0.717, 1.165) is 8.85 Å². The number of anilines is 2. The minimum absolute atomic E-state index is 0.205. The van der Waals surface area contributed by atoms with Crippen LogP contribution in [-0.2, 0) is 4.79 Å². The first kappa shape index (κ1) is 16.2. The van der Waals surface area contributed by atoms with Crippen LogP contribution < -0.4 is 20.8 Å². The molecule has 0 aliphatic rings. The van der Waals surface area contributed by atoms with Crippen molar-refractivity contribution in [3.8, 4) is 0 Å². The zero-order valence-electron chi connectivity index (χ0n) is 10.4. The van der Waals surface area contributed by atoms with Crippen molar-refractivity contribution in [3.05, 3.63) is 12.1 Å². The summed E-state index contributed by atoms with van der Waals surface area (Å²) in [5, 5.41) is 8.87. The number of pyridine rings is 1. The third-order valence-electron chi connectivity index (χ3n) is 2.04. The Kier molecular flexibility index (Phi) is 7.08. The molecule has 1 rings (SSSR count). The number of likely N-dealkylation sites (N-methyl/N-ethyl adjacent to an activating group) is 1. The highest BCUT2D eigenvalue weighted by molar-refractivity contribution is 14.2. The molecule has 1 aromatic heterocycles. The van der Waals surface area contributed by atoms with E-state index in [-0.39, 0.29) is 5.91 Å². The molecule has 19 heavy (non-hydrogen) atoms. The van der Waals surface area contributed by atoms with Crippen LogP contribution in [0.15, 0.2) is 17.2 Å². The zero-order chi connectivity index (χ0) is 14.3. The molecule has 5 N–H and O–H groups in total. The lowest BCUT2D eigenvalue weighted by molar-refractivity contribution is -0.110. The van der Waals surface area contributed by atoms with Crippen LogP contribution in [0.25, 0.3) is 0 Å². The molecule has 1 amide bonds. The van der Waals surface area contributed by atoms with Gasteiger partial charge in [0.15, 0.2) is 16.3 Å². The van der Waals surface area contributed by atoms with Crippen LogP contribution in [0, 0.1) is 5.53 Å². The number of rotatable bonds is 6. The van der Waals surface area contributed by atoms with Crippen molar-refractivity contribution in [1.29, 1.82) is 5.53 Å². The summed E-state index contributed by atoms with van der Waals surface area (Å²) in [6, 6.07) is 3.47. The van der Waals surface area contributed by atoms with Gasteiger partial charge in [0.1, 0.15) is 15.3 Å². The molecule has 0 spiro atoms. The largest absolute Gasteiger partial charge is 0.385 e. The number of halogens is 1. The van der Waals surface area contributed by atoms with Gasteiger partial charge in [0.2, 0.25) is 0 Å². The topological polar surface area (TPSA) is 116 Å². The highest BCUT2D eigenvalue weighted by Crippen LogP contribution is 2.06. The van der Waals surface area contributed by atoms with Gasteiger partial charge in [-0.1, -0.05) is 31.2 Å². The standard InChI is InChI=1S/C10H14IN6O.Al/c1-14-9(11-5-6-15-13)10(18)17-8-4-2-3-7(12)16-8;/h2,4,13-14H,5-6H2,1H3,(H3,12,16,17,18);. The third-order valence-corrected chi connectivity index (χ3v) is 5.34. The van der Waals surface area contributed by atoms with Gasteiger partial charge in [-0.05, 0) is 13.1 Å². The first-order valence-electron chi connectivity index (χ1n) is 5.39. The smallest absolute Gasteiger partial charge is 0.273 e. The van der Waals surface area contributed by atoms with Crippen molar-refractivity contribution in [3.63, 3.8) is 0 Å². The molecule has 100 valence electrons. The molecule has 0 fully saturated rings. The van der Waals surface area contributed by atoms with Crippen LogP contribution in [0.4, 0.5) is 11.6 Å². The molecule has 2 radical (unpaired) electrons. The lowest BCUT2D eigenvalue weighted by Crippen LogP contribution is -2.32. The van der Waals surface area contributed by atoms with E-state index in [2.05, 4.69) is 37.0 Å². The third kappa shape index (κ3) is 5.32. The molecule has 0 aromatic carbocycles. The maximum absolute atomic E-state index is 12.0. The van der Waals surface area contributed by atoms with E-state index in [1.807, 2.05) is 0 Å². The number of nitrogen functional groups attached to an aromatic ring is 1. The fourth-order valence-corrected chi connectivity index (χ4v) is 3.19. The summed E-state index contributed by atoms with van der Waals surface area (Å²) in [5.74, 6) is 0.593. The van der Waals surface area contributed by atoms with Gasteiger partial charge < -0.3 is 11.1 Å². The summed E-state index contributed by atoms with van der Waals surface area (Å²) in [6.45, 7) is 0.457. The van der Waals surface area contributed by atoms with E-state index in [1.54, 1.807) is 19.2 Å². The highest BCUT2D eigenvalue weighted by atomic mass is 127. The molecular formula is C10H14AlIN6O. The summed E-state index contributed by atoms with van der Waals surface area (Å²) in [4.78, 5) is 16.1. The van der Waals surface area contributed by atoms with Crippen molar-refractivity contribution < 1.29 is 4.79 Å². The van der Waals surface area contributed by atoms with Crippen molar-refractivity contribution in [2.24, 2.45) is 5.11 Å². The number of nitrogens with two attached hydrogens (primary N) is 1. The van der Waals surface area contributed by atoms with Crippen molar-refractivity contribution in [1.82, 2.24) is 10.3 Å².